The number of nitrogens with one attached hydrogen (secondary N) is 1. The molecule has 0 unspecified atom stereocenters. The molecule has 0 amide bonds. The third-order valence-electron chi connectivity index (χ3n) is 2.85. The minimum Gasteiger partial charge on any atom is -0.478 e. The van der Waals surface area contributed by atoms with E-state index in [9.17, 15) is 9.90 Å². The lowest BCUT2D eigenvalue weighted by atomic mass is 10.1. The summed E-state index contributed by atoms with van der Waals surface area (Å²) in [7, 11) is 0. The first-order valence-corrected chi connectivity index (χ1v) is 5.89. The van der Waals surface area contributed by atoms with Crippen LogP contribution in [0.15, 0.2) is 49.2 Å². The van der Waals surface area contributed by atoms with E-state index in [4.69, 9.17) is 0 Å². The predicted octanol–water partition coefficient (Wildman–Crippen LogP) is 2.47. The Morgan fingerprint density at radius 3 is 2.45 bits per heavy atom. The lowest BCUT2D eigenvalue weighted by Crippen LogP contribution is -2.02. The number of fused-ring (bicyclic) bond motifs is 1. The Hall–Kier alpha value is -3.02. The number of pyridine rings is 1. The van der Waals surface area contributed by atoms with E-state index < -0.39 is 5.97 Å². The minimum absolute atomic E-state index is 0.176. The Kier molecular flexibility index (Phi) is 2.96. The summed E-state index contributed by atoms with van der Waals surface area (Å²) in [5.41, 5.74) is 0.865. The molecular weight excluding hydrogens is 256 g/mol. The number of aromatic nitrogens is 3. The van der Waals surface area contributed by atoms with E-state index in [1.165, 1.54) is 12.5 Å². The van der Waals surface area contributed by atoms with Crippen molar-refractivity contribution in [1.82, 2.24) is 15.0 Å². The fourth-order valence-corrected chi connectivity index (χ4v) is 1.96. The van der Waals surface area contributed by atoms with Crippen LogP contribution < -0.4 is 5.32 Å². The maximum atomic E-state index is 11.2. The van der Waals surface area contributed by atoms with Gasteiger partial charge in [-0.05, 0) is 0 Å². The summed E-state index contributed by atoms with van der Waals surface area (Å²) in [5, 5.41) is 13.6. The van der Waals surface area contributed by atoms with Gasteiger partial charge in [-0.1, -0.05) is 24.3 Å². The number of rotatable bonds is 3. The molecule has 0 aliphatic carbocycles. The van der Waals surface area contributed by atoms with Gasteiger partial charge in [0.2, 0.25) is 0 Å². The van der Waals surface area contributed by atoms with Crippen molar-refractivity contribution in [3.8, 4) is 0 Å². The van der Waals surface area contributed by atoms with Crippen molar-refractivity contribution in [1.29, 1.82) is 0 Å². The van der Waals surface area contributed by atoms with Crippen molar-refractivity contribution in [2.24, 2.45) is 0 Å². The number of carboxylic acids is 1. The van der Waals surface area contributed by atoms with Gasteiger partial charge in [-0.25, -0.2) is 19.7 Å². The van der Waals surface area contributed by atoms with Gasteiger partial charge in [-0.2, -0.15) is 0 Å². The summed E-state index contributed by atoms with van der Waals surface area (Å²) < 4.78 is 0. The van der Waals surface area contributed by atoms with Gasteiger partial charge in [0.1, 0.15) is 12.1 Å². The second-order valence-corrected chi connectivity index (χ2v) is 4.12. The summed E-state index contributed by atoms with van der Waals surface area (Å²) in [6.45, 7) is 0. The molecule has 0 saturated heterocycles. The van der Waals surface area contributed by atoms with Gasteiger partial charge in [-0.15, -0.1) is 0 Å². The minimum atomic E-state index is -0.997. The summed E-state index contributed by atoms with van der Waals surface area (Å²) in [6, 6.07) is 7.21. The molecule has 2 N–H and O–H groups in total. The maximum Gasteiger partial charge on any atom is 0.337 e. The molecule has 3 aromatic rings. The van der Waals surface area contributed by atoms with Crippen LogP contribution in [0.1, 0.15) is 10.4 Å². The molecule has 1 aromatic carbocycles. The van der Waals surface area contributed by atoms with Gasteiger partial charge < -0.3 is 10.4 Å². The molecule has 6 nitrogen and oxygen atoms in total. The molecule has 0 aliphatic rings. The largest absolute Gasteiger partial charge is 0.478 e. The van der Waals surface area contributed by atoms with Crippen LogP contribution in [0.25, 0.3) is 10.8 Å². The molecule has 0 spiro atoms. The molecule has 0 atom stereocenters. The van der Waals surface area contributed by atoms with Gasteiger partial charge in [0.05, 0.1) is 23.6 Å². The van der Waals surface area contributed by atoms with Crippen molar-refractivity contribution < 1.29 is 9.90 Å². The molecule has 3 rings (SSSR count). The van der Waals surface area contributed by atoms with Crippen molar-refractivity contribution in [2.45, 2.75) is 0 Å². The number of carboxylic acid groups (broad SMARTS) is 1. The SMILES string of the molecule is O=C(O)c1cnc(Nc2cncnc2)c2ccccc12. The zero-order chi connectivity index (χ0) is 13.9. The predicted molar refractivity (Wildman–Crippen MR) is 74.0 cm³/mol. The van der Waals surface area contributed by atoms with E-state index in [0.717, 1.165) is 5.39 Å². The number of hydrogen-bond acceptors (Lipinski definition) is 5. The highest BCUT2D eigenvalue weighted by Gasteiger charge is 2.12. The standard InChI is InChI=1S/C14H10N4O2/c19-14(20)12-7-17-13(11-4-2-1-3-10(11)12)18-9-5-15-8-16-6-9/h1-8H,(H,17,18)(H,19,20). The second-order valence-electron chi connectivity index (χ2n) is 4.12. The average molecular weight is 266 g/mol. The highest BCUT2D eigenvalue weighted by atomic mass is 16.4. The Bertz CT molecular complexity index is 774. The molecule has 2 aromatic heterocycles. The lowest BCUT2D eigenvalue weighted by Gasteiger charge is -2.09. The summed E-state index contributed by atoms with van der Waals surface area (Å²) >= 11 is 0. The topological polar surface area (TPSA) is 88.0 Å². The van der Waals surface area contributed by atoms with Crippen LogP contribution in [-0.2, 0) is 0 Å². The fraction of sp³-hybridized carbons (Fsp3) is 0. The third-order valence-corrected chi connectivity index (χ3v) is 2.85. The zero-order valence-corrected chi connectivity index (χ0v) is 10.3. The number of hydrogen-bond donors (Lipinski definition) is 2. The molecule has 0 saturated carbocycles. The van der Waals surface area contributed by atoms with Crippen LogP contribution in [-0.4, -0.2) is 26.0 Å². The number of carbonyl (C=O) groups is 1. The van der Waals surface area contributed by atoms with Gasteiger partial charge in [0.15, 0.2) is 0 Å². The summed E-state index contributed by atoms with van der Waals surface area (Å²) in [5.74, 6) is -0.427. The Morgan fingerprint density at radius 2 is 1.75 bits per heavy atom. The normalized spacial score (nSPS) is 10.4. The van der Waals surface area contributed by atoms with E-state index >= 15 is 0 Å². The molecule has 98 valence electrons. The first-order chi connectivity index (χ1) is 9.75. The van der Waals surface area contributed by atoms with Crippen molar-refractivity contribution in [3.05, 3.63) is 54.7 Å². The number of aromatic carboxylic acids is 1. The van der Waals surface area contributed by atoms with Crippen molar-refractivity contribution in [2.75, 3.05) is 5.32 Å². The first-order valence-electron chi connectivity index (χ1n) is 5.89. The Balaban J connectivity index is 2.13. The van der Waals surface area contributed by atoms with Crippen LogP contribution in [0.5, 0.6) is 0 Å². The maximum absolute atomic E-state index is 11.2. The van der Waals surface area contributed by atoms with E-state index in [1.807, 2.05) is 12.1 Å². The quantitative estimate of drug-likeness (QED) is 0.757. The Labute approximate surface area is 114 Å². The molecule has 0 bridgehead atoms. The summed E-state index contributed by atoms with van der Waals surface area (Å²) in [4.78, 5) is 23.2. The van der Waals surface area contributed by atoms with Gasteiger partial charge in [0, 0.05) is 17.0 Å². The summed E-state index contributed by atoms with van der Waals surface area (Å²) in [6.07, 6.45) is 6.02. The zero-order valence-electron chi connectivity index (χ0n) is 10.3. The molecule has 0 radical (unpaired) electrons. The monoisotopic (exact) mass is 266 g/mol. The van der Waals surface area contributed by atoms with Gasteiger partial charge in [0.25, 0.3) is 0 Å². The van der Waals surface area contributed by atoms with E-state index in [2.05, 4.69) is 20.3 Å². The molecule has 6 heteroatoms. The first kappa shape index (κ1) is 12.0. The highest BCUT2D eigenvalue weighted by Crippen LogP contribution is 2.26. The average Bonchev–Trinajstić information content (AvgIpc) is 2.48. The highest BCUT2D eigenvalue weighted by molar-refractivity contribution is 6.06. The van der Waals surface area contributed by atoms with Crippen LogP contribution in [0.2, 0.25) is 0 Å². The van der Waals surface area contributed by atoms with Crippen LogP contribution in [0.3, 0.4) is 0 Å². The van der Waals surface area contributed by atoms with Crippen LogP contribution in [0, 0.1) is 0 Å². The van der Waals surface area contributed by atoms with E-state index in [1.54, 1.807) is 24.5 Å². The molecule has 0 aliphatic heterocycles. The van der Waals surface area contributed by atoms with Crippen molar-refractivity contribution >= 4 is 28.2 Å². The van der Waals surface area contributed by atoms with E-state index in [0.29, 0.717) is 16.9 Å². The second kappa shape index (κ2) is 4.93. The molecular formula is C14H10N4O2. The molecule has 0 fully saturated rings. The number of benzene rings is 1. The molecule has 2 heterocycles. The smallest absolute Gasteiger partial charge is 0.337 e. The van der Waals surface area contributed by atoms with Crippen LogP contribution >= 0.6 is 0 Å². The molecule has 20 heavy (non-hydrogen) atoms. The Morgan fingerprint density at radius 1 is 1.05 bits per heavy atom. The number of nitrogens with zero attached hydrogens (tertiary/aromatic N) is 3. The number of anilines is 2. The third kappa shape index (κ3) is 2.14. The van der Waals surface area contributed by atoms with E-state index in [-0.39, 0.29) is 5.56 Å². The fourth-order valence-electron chi connectivity index (χ4n) is 1.96. The van der Waals surface area contributed by atoms with Gasteiger partial charge in [-0.3, -0.25) is 0 Å². The van der Waals surface area contributed by atoms with Crippen LogP contribution in [0.4, 0.5) is 11.5 Å². The lowest BCUT2D eigenvalue weighted by molar-refractivity contribution is 0.0698. The van der Waals surface area contributed by atoms with Gasteiger partial charge >= 0.3 is 5.97 Å². The van der Waals surface area contributed by atoms with Crippen molar-refractivity contribution in [3.63, 3.8) is 0 Å².